The molecule has 1 amide bonds. The van der Waals surface area contributed by atoms with Crippen molar-refractivity contribution in [2.24, 2.45) is 0 Å². The zero-order chi connectivity index (χ0) is 13.0. The molecule has 18 heavy (non-hydrogen) atoms. The molecule has 0 fully saturated rings. The maximum atomic E-state index is 12.3. The van der Waals surface area contributed by atoms with Crippen LogP contribution >= 0.6 is 0 Å². The van der Waals surface area contributed by atoms with E-state index >= 15 is 0 Å². The van der Waals surface area contributed by atoms with Crippen molar-refractivity contribution in [2.75, 3.05) is 19.7 Å². The molecule has 0 unspecified atom stereocenters. The predicted octanol–water partition coefficient (Wildman–Crippen LogP) is 2.02. The minimum absolute atomic E-state index is 0.0839. The zero-order valence-corrected chi connectivity index (χ0v) is 11.0. The zero-order valence-electron chi connectivity index (χ0n) is 11.0. The number of aliphatic hydroxyl groups is 1. The van der Waals surface area contributed by atoms with E-state index in [4.69, 9.17) is 5.11 Å². The first kappa shape index (κ1) is 13.1. The molecular weight excluding hydrogens is 226 g/mol. The third kappa shape index (κ3) is 2.72. The number of hydrogen-bond donors (Lipinski definition) is 1. The van der Waals surface area contributed by atoms with Crippen molar-refractivity contribution in [3.05, 3.63) is 34.9 Å². The minimum Gasteiger partial charge on any atom is -0.396 e. The molecule has 1 aliphatic carbocycles. The van der Waals surface area contributed by atoms with E-state index in [0.717, 1.165) is 18.4 Å². The van der Waals surface area contributed by atoms with Crippen molar-refractivity contribution >= 4 is 5.91 Å². The van der Waals surface area contributed by atoms with E-state index in [1.807, 2.05) is 19.1 Å². The van der Waals surface area contributed by atoms with Gasteiger partial charge in [0.25, 0.3) is 5.91 Å². The van der Waals surface area contributed by atoms with Crippen molar-refractivity contribution in [3.63, 3.8) is 0 Å². The SMILES string of the molecule is CCN(CCCO)C(=O)c1ccc2c(c1)CCC2. The summed E-state index contributed by atoms with van der Waals surface area (Å²) >= 11 is 0. The number of aryl methyl sites for hydroxylation is 2. The van der Waals surface area contributed by atoms with Gasteiger partial charge in [-0.1, -0.05) is 6.07 Å². The van der Waals surface area contributed by atoms with Crippen molar-refractivity contribution in [1.82, 2.24) is 4.90 Å². The summed E-state index contributed by atoms with van der Waals surface area (Å²) in [7, 11) is 0. The van der Waals surface area contributed by atoms with Gasteiger partial charge in [-0.05, 0) is 55.9 Å². The van der Waals surface area contributed by atoms with Gasteiger partial charge in [-0.25, -0.2) is 0 Å². The summed E-state index contributed by atoms with van der Waals surface area (Å²) in [6.07, 6.45) is 4.09. The Balaban J connectivity index is 2.12. The molecule has 0 spiro atoms. The van der Waals surface area contributed by atoms with Crippen LogP contribution in [0.2, 0.25) is 0 Å². The smallest absolute Gasteiger partial charge is 0.253 e. The molecule has 0 atom stereocenters. The van der Waals surface area contributed by atoms with Crippen LogP contribution in [-0.4, -0.2) is 35.6 Å². The summed E-state index contributed by atoms with van der Waals surface area (Å²) in [6.45, 7) is 3.43. The quantitative estimate of drug-likeness (QED) is 0.864. The van der Waals surface area contributed by atoms with Gasteiger partial charge in [0.05, 0.1) is 0 Å². The Bertz CT molecular complexity index is 429. The Hall–Kier alpha value is -1.35. The van der Waals surface area contributed by atoms with Crippen molar-refractivity contribution < 1.29 is 9.90 Å². The van der Waals surface area contributed by atoms with Crippen LogP contribution in [0.1, 0.15) is 41.3 Å². The fourth-order valence-corrected chi connectivity index (χ4v) is 2.55. The average Bonchev–Trinajstić information content (AvgIpc) is 2.86. The first-order valence-electron chi connectivity index (χ1n) is 6.78. The van der Waals surface area contributed by atoms with Crippen LogP contribution in [-0.2, 0) is 12.8 Å². The lowest BCUT2D eigenvalue weighted by Crippen LogP contribution is -2.32. The molecule has 1 aromatic carbocycles. The number of rotatable bonds is 5. The summed E-state index contributed by atoms with van der Waals surface area (Å²) in [5, 5.41) is 8.85. The molecule has 1 N–H and O–H groups in total. The van der Waals surface area contributed by atoms with Crippen LogP contribution < -0.4 is 0 Å². The number of carbonyl (C=O) groups excluding carboxylic acids is 1. The van der Waals surface area contributed by atoms with E-state index < -0.39 is 0 Å². The van der Waals surface area contributed by atoms with E-state index in [0.29, 0.717) is 19.5 Å². The molecule has 3 nitrogen and oxygen atoms in total. The van der Waals surface area contributed by atoms with Crippen LogP contribution in [0.5, 0.6) is 0 Å². The first-order chi connectivity index (χ1) is 8.76. The number of carbonyl (C=O) groups is 1. The second-order valence-electron chi connectivity index (χ2n) is 4.80. The van der Waals surface area contributed by atoms with Gasteiger partial charge in [-0.15, -0.1) is 0 Å². The van der Waals surface area contributed by atoms with E-state index in [2.05, 4.69) is 6.07 Å². The van der Waals surface area contributed by atoms with Gasteiger partial charge in [0.2, 0.25) is 0 Å². The van der Waals surface area contributed by atoms with Gasteiger partial charge >= 0.3 is 0 Å². The van der Waals surface area contributed by atoms with Crippen LogP contribution in [0, 0.1) is 0 Å². The maximum Gasteiger partial charge on any atom is 0.253 e. The fourth-order valence-electron chi connectivity index (χ4n) is 2.55. The van der Waals surface area contributed by atoms with E-state index in [1.54, 1.807) is 4.90 Å². The molecule has 0 aromatic heterocycles. The third-order valence-electron chi connectivity index (χ3n) is 3.60. The number of fused-ring (bicyclic) bond motifs is 1. The molecule has 0 bridgehead atoms. The predicted molar refractivity (Wildman–Crippen MR) is 71.7 cm³/mol. The molecule has 0 saturated heterocycles. The molecule has 0 heterocycles. The Morgan fingerprint density at radius 3 is 2.83 bits per heavy atom. The average molecular weight is 247 g/mol. The topological polar surface area (TPSA) is 40.5 Å². The van der Waals surface area contributed by atoms with E-state index in [-0.39, 0.29) is 12.5 Å². The highest BCUT2D eigenvalue weighted by Gasteiger charge is 2.17. The summed E-state index contributed by atoms with van der Waals surface area (Å²) in [6, 6.07) is 6.08. The lowest BCUT2D eigenvalue weighted by molar-refractivity contribution is 0.0754. The van der Waals surface area contributed by atoms with Gasteiger partial charge in [-0.2, -0.15) is 0 Å². The highest BCUT2D eigenvalue weighted by molar-refractivity contribution is 5.94. The van der Waals surface area contributed by atoms with Crippen LogP contribution in [0.25, 0.3) is 0 Å². The van der Waals surface area contributed by atoms with Crippen LogP contribution in [0.3, 0.4) is 0 Å². The second-order valence-corrected chi connectivity index (χ2v) is 4.80. The van der Waals surface area contributed by atoms with E-state index in [9.17, 15) is 4.79 Å². The van der Waals surface area contributed by atoms with E-state index in [1.165, 1.54) is 17.5 Å². The molecular formula is C15H21NO2. The molecule has 2 rings (SSSR count). The molecule has 0 aliphatic heterocycles. The largest absolute Gasteiger partial charge is 0.396 e. The summed E-state index contributed by atoms with van der Waals surface area (Å²) in [5.74, 6) is 0.0839. The molecule has 1 aromatic rings. The highest BCUT2D eigenvalue weighted by atomic mass is 16.3. The third-order valence-corrected chi connectivity index (χ3v) is 3.60. The Kier molecular flexibility index (Phi) is 4.37. The molecule has 0 radical (unpaired) electrons. The Morgan fingerprint density at radius 2 is 2.11 bits per heavy atom. The van der Waals surface area contributed by atoms with Crippen molar-refractivity contribution in [3.8, 4) is 0 Å². The number of nitrogens with zero attached hydrogens (tertiary/aromatic N) is 1. The fraction of sp³-hybridized carbons (Fsp3) is 0.533. The first-order valence-corrected chi connectivity index (χ1v) is 6.78. The number of aliphatic hydroxyl groups excluding tert-OH is 1. The summed E-state index contributed by atoms with van der Waals surface area (Å²) < 4.78 is 0. The monoisotopic (exact) mass is 247 g/mol. The summed E-state index contributed by atoms with van der Waals surface area (Å²) in [4.78, 5) is 14.1. The van der Waals surface area contributed by atoms with Gasteiger partial charge < -0.3 is 10.0 Å². The lowest BCUT2D eigenvalue weighted by atomic mass is 10.1. The standard InChI is InChI=1S/C15H21NO2/c1-2-16(9-4-10-17)15(18)14-8-7-12-5-3-6-13(12)11-14/h7-8,11,17H,2-6,9-10H2,1H3. The Labute approximate surface area is 108 Å². The maximum absolute atomic E-state index is 12.3. The van der Waals surface area contributed by atoms with Crippen molar-refractivity contribution in [1.29, 1.82) is 0 Å². The molecule has 98 valence electrons. The van der Waals surface area contributed by atoms with Gasteiger partial charge in [0, 0.05) is 25.3 Å². The minimum atomic E-state index is 0.0839. The lowest BCUT2D eigenvalue weighted by Gasteiger charge is -2.20. The van der Waals surface area contributed by atoms with Gasteiger partial charge in [0.15, 0.2) is 0 Å². The molecule has 3 heteroatoms. The van der Waals surface area contributed by atoms with Crippen LogP contribution in [0.15, 0.2) is 18.2 Å². The summed E-state index contributed by atoms with van der Waals surface area (Å²) in [5.41, 5.74) is 3.51. The Morgan fingerprint density at radius 1 is 1.33 bits per heavy atom. The highest BCUT2D eigenvalue weighted by Crippen LogP contribution is 2.23. The normalized spacial score (nSPS) is 13.4. The van der Waals surface area contributed by atoms with Gasteiger partial charge in [0.1, 0.15) is 0 Å². The second kappa shape index (κ2) is 6.01. The van der Waals surface area contributed by atoms with Crippen molar-refractivity contribution in [2.45, 2.75) is 32.6 Å². The molecule has 1 aliphatic rings. The van der Waals surface area contributed by atoms with Crippen LogP contribution in [0.4, 0.5) is 0 Å². The number of benzene rings is 1. The molecule has 0 saturated carbocycles. The number of amides is 1. The number of hydrogen-bond acceptors (Lipinski definition) is 2. The van der Waals surface area contributed by atoms with Gasteiger partial charge in [-0.3, -0.25) is 4.79 Å².